The summed E-state index contributed by atoms with van der Waals surface area (Å²) >= 11 is 6.16. The van der Waals surface area contributed by atoms with Gasteiger partial charge in [0, 0.05) is 26.1 Å². The number of ether oxygens (including phenoxy) is 1. The lowest BCUT2D eigenvalue weighted by Gasteiger charge is -2.23. The molecule has 0 spiro atoms. The molecule has 1 aliphatic heterocycles. The number of hydrogen-bond acceptors (Lipinski definition) is 5. The number of benzene rings is 2. The number of anilines is 2. The predicted molar refractivity (Wildman–Crippen MR) is 139 cm³/mol. The molecule has 1 N–H and O–H groups in total. The highest BCUT2D eigenvalue weighted by Crippen LogP contribution is 2.30. The van der Waals surface area contributed by atoms with E-state index >= 15 is 0 Å². The highest BCUT2D eigenvalue weighted by Gasteiger charge is 2.22. The second-order valence-electron chi connectivity index (χ2n) is 8.56. The molecule has 0 saturated carbocycles. The number of nitrogens with zero attached hydrogens (tertiary/aromatic N) is 2. The molecular weight excluding hydrogens is 490 g/mol. The molecule has 8 nitrogen and oxygen atoms in total. The molecule has 2 amide bonds. The van der Waals surface area contributed by atoms with Crippen LogP contribution in [0.5, 0.6) is 5.75 Å². The van der Waals surface area contributed by atoms with Crippen LogP contribution in [0.2, 0.25) is 5.02 Å². The highest BCUT2D eigenvalue weighted by atomic mass is 35.5. The molecule has 0 atom stereocenters. The van der Waals surface area contributed by atoms with Gasteiger partial charge in [0.1, 0.15) is 5.75 Å². The summed E-state index contributed by atoms with van der Waals surface area (Å²) in [6, 6.07) is 11.7. The van der Waals surface area contributed by atoms with Gasteiger partial charge in [0.2, 0.25) is 15.9 Å². The maximum absolute atomic E-state index is 13.1. The van der Waals surface area contributed by atoms with E-state index < -0.39 is 10.0 Å². The third-order valence-electron chi connectivity index (χ3n) is 5.91. The number of sulfonamides is 1. The first-order valence-electron chi connectivity index (χ1n) is 11.7. The Bertz CT molecular complexity index is 1150. The van der Waals surface area contributed by atoms with Crippen LogP contribution >= 0.6 is 11.6 Å². The van der Waals surface area contributed by atoms with Crippen molar-refractivity contribution < 1.29 is 22.7 Å². The Hall–Kier alpha value is -2.78. The zero-order valence-electron chi connectivity index (χ0n) is 20.1. The minimum atomic E-state index is -3.59. The largest absolute Gasteiger partial charge is 0.495 e. The molecule has 0 unspecified atom stereocenters. The van der Waals surface area contributed by atoms with Crippen molar-refractivity contribution in [1.82, 2.24) is 4.90 Å². The van der Waals surface area contributed by atoms with Crippen molar-refractivity contribution in [1.29, 1.82) is 0 Å². The minimum absolute atomic E-state index is 0.0811. The molecule has 0 bridgehead atoms. The van der Waals surface area contributed by atoms with Crippen LogP contribution in [0.25, 0.3) is 0 Å². The summed E-state index contributed by atoms with van der Waals surface area (Å²) in [6.45, 7) is 1.54. The highest BCUT2D eigenvalue weighted by molar-refractivity contribution is 7.92. The Balaban J connectivity index is 1.63. The van der Waals surface area contributed by atoms with Gasteiger partial charge in [0.05, 0.1) is 35.3 Å². The minimum Gasteiger partial charge on any atom is -0.495 e. The average molecular weight is 522 g/mol. The summed E-state index contributed by atoms with van der Waals surface area (Å²) in [5.41, 5.74) is 1.33. The molecule has 2 aromatic rings. The van der Waals surface area contributed by atoms with Crippen LogP contribution in [0.4, 0.5) is 11.4 Å². The lowest BCUT2D eigenvalue weighted by molar-refractivity contribution is -0.116. The summed E-state index contributed by atoms with van der Waals surface area (Å²) in [7, 11) is -2.11. The molecule has 2 aromatic carbocycles. The van der Waals surface area contributed by atoms with Crippen LogP contribution in [0.1, 0.15) is 48.9 Å². The molecule has 0 radical (unpaired) electrons. The molecule has 190 valence electrons. The van der Waals surface area contributed by atoms with E-state index in [2.05, 4.69) is 5.32 Å². The summed E-state index contributed by atoms with van der Waals surface area (Å²) in [5.74, 6) is 0.0707. The molecule has 1 fully saturated rings. The van der Waals surface area contributed by atoms with Gasteiger partial charge in [-0.2, -0.15) is 0 Å². The van der Waals surface area contributed by atoms with Crippen molar-refractivity contribution >= 4 is 44.8 Å². The lowest BCUT2D eigenvalue weighted by atomic mass is 10.1. The molecule has 0 aliphatic carbocycles. The number of halogens is 1. The van der Waals surface area contributed by atoms with E-state index in [1.165, 1.54) is 17.5 Å². The van der Waals surface area contributed by atoms with Crippen molar-refractivity contribution in [2.45, 2.75) is 38.5 Å². The van der Waals surface area contributed by atoms with Gasteiger partial charge >= 0.3 is 0 Å². The zero-order chi connectivity index (χ0) is 25.4. The Morgan fingerprint density at radius 1 is 1.09 bits per heavy atom. The third-order valence-corrected chi connectivity index (χ3v) is 7.40. The number of likely N-dealkylation sites (tertiary alicyclic amines) is 1. The zero-order valence-corrected chi connectivity index (χ0v) is 21.7. The monoisotopic (exact) mass is 521 g/mol. The quantitative estimate of drug-likeness (QED) is 0.522. The molecular formula is C25H32ClN3O5S. The Morgan fingerprint density at radius 2 is 1.77 bits per heavy atom. The number of amides is 2. The number of rotatable bonds is 9. The van der Waals surface area contributed by atoms with E-state index in [-0.39, 0.29) is 31.2 Å². The number of methoxy groups -OCH3 is 1. The number of para-hydroxylation sites is 1. The molecule has 3 rings (SSSR count). The molecule has 1 heterocycles. The first-order chi connectivity index (χ1) is 16.7. The third kappa shape index (κ3) is 7.35. The van der Waals surface area contributed by atoms with Crippen molar-refractivity contribution in [2.24, 2.45) is 0 Å². The van der Waals surface area contributed by atoms with E-state index in [0.29, 0.717) is 27.7 Å². The van der Waals surface area contributed by atoms with E-state index in [1.807, 2.05) is 4.90 Å². The van der Waals surface area contributed by atoms with Crippen LogP contribution < -0.4 is 14.4 Å². The number of hydrogen-bond donors (Lipinski definition) is 1. The Morgan fingerprint density at radius 3 is 2.40 bits per heavy atom. The number of carbonyl (C=O) groups is 2. The van der Waals surface area contributed by atoms with Gasteiger partial charge in [-0.25, -0.2) is 8.42 Å². The topological polar surface area (TPSA) is 96.0 Å². The van der Waals surface area contributed by atoms with Gasteiger partial charge in [0.25, 0.3) is 5.91 Å². The van der Waals surface area contributed by atoms with Crippen LogP contribution in [0, 0.1) is 0 Å². The van der Waals surface area contributed by atoms with Crippen molar-refractivity contribution in [3.8, 4) is 5.75 Å². The van der Waals surface area contributed by atoms with Crippen LogP contribution in [0.15, 0.2) is 42.5 Å². The van der Waals surface area contributed by atoms with E-state index in [1.54, 1.807) is 36.4 Å². The van der Waals surface area contributed by atoms with Gasteiger partial charge in [0.15, 0.2) is 0 Å². The summed E-state index contributed by atoms with van der Waals surface area (Å²) in [4.78, 5) is 27.6. The lowest BCUT2D eigenvalue weighted by Crippen LogP contribution is -2.33. The van der Waals surface area contributed by atoms with Gasteiger partial charge in [-0.05, 0) is 49.6 Å². The van der Waals surface area contributed by atoms with Gasteiger partial charge in [-0.15, -0.1) is 0 Å². The Kier molecular flexibility index (Phi) is 9.40. The smallest absolute Gasteiger partial charge is 0.255 e. The predicted octanol–water partition coefficient (Wildman–Crippen LogP) is 4.55. The molecule has 10 heteroatoms. The standard InChI is InChI=1S/C25H32ClN3O5S/c1-34-23-14-13-19(18-21(23)26)29(35(2,32)33)17-9-12-24(30)27-22-11-6-5-10-20(22)25(31)28-15-7-3-4-8-16-28/h5-6,10-11,13-14,18H,3-4,7-9,12,15-17H2,1-2H3,(H,27,30). The van der Waals surface area contributed by atoms with E-state index in [0.717, 1.165) is 45.0 Å². The van der Waals surface area contributed by atoms with Gasteiger partial charge < -0.3 is 15.0 Å². The molecule has 1 aliphatic rings. The summed E-state index contributed by atoms with van der Waals surface area (Å²) < 4.78 is 31.1. The van der Waals surface area contributed by atoms with Crippen LogP contribution in [-0.4, -0.2) is 58.1 Å². The maximum Gasteiger partial charge on any atom is 0.255 e. The van der Waals surface area contributed by atoms with Crippen molar-refractivity contribution in [2.75, 3.05) is 42.6 Å². The normalized spacial score (nSPS) is 14.2. The van der Waals surface area contributed by atoms with Gasteiger partial charge in [-0.3, -0.25) is 13.9 Å². The summed E-state index contributed by atoms with van der Waals surface area (Å²) in [6.07, 6.45) is 5.68. The maximum atomic E-state index is 13.1. The molecule has 35 heavy (non-hydrogen) atoms. The second-order valence-corrected chi connectivity index (χ2v) is 10.9. The number of carbonyl (C=O) groups excluding carboxylic acids is 2. The first-order valence-corrected chi connectivity index (χ1v) is 13.9. The number of nitrogens with one attached hydrogen (secondary N) is 1. The van der Waals surface area contributed by atoms with Crippen LogP contribution in [0.3, 0.4) is 0 Å². The first kappa shape index (κ1) is 26.8. The Labute approximate surface area is 212 Å². The fraction of sp³-hybridized carbons (Fsp3) is 0.440. The van der Waals surface area contributed by atoms with E-state index in [4.69, 9.17) is 16.3 Å². The SMILES string of the molecule is COc1ccc(N(CCCC(=O)Nc2ccccc2C(=O)N2CCCCCC2)S(C)(=O)=O)cc1Cl. The average Bonchev–Trinajstić information content (AvgIpc) is 3.10. The molecule has 0 aromatic heterocycles. The van der Waals surface area contributed by atoms with Crippen molar-refractivity contribution in [3.63, 3.8) is 0 Å². The van der Waals surface area contributed by atoms with E-state index in [9.17, 15) is 18.0 Å². The van der Waals surface area contributed by atoms with Gasteiger partial charge in [-0.1, -0.05) is 36.6 Å². The fourth-order valence-corrected chi connectivity index (χ4v) is 5.32. The summed E-state index contributed by atoms with van der Waals surface area (Å²) in [5, 5.41) is 3.12. The fourth-order valence-electron chi connectivity index (χ4n) is 4.12. The second kappa shape index (κ2) is 12.3. The van der Waals surface area contributed by atoms with Crippen molar-refractivity contribution in [3.05, 3.63) is 53.1 Å². The molecule has 1 saturated heterocycles. The van der Waals surface area contributed by atoms with Crippen LogP contribution in [-0.2, 0) is 14.8 Å².